The molecule has 2 aromatic carbocycles. The van der Waals surface area contributed by atoms with Gasteiger partial charge in [0.15, 0.2) is 0 Å². The normalized spacial score (nSPS) is 16.7. The highest BCUT2D eigenvalue weighted by Crippen LogP contribution is 2.37. The van der Waals surface area contributed by atoms with Gasteiger partial charge in [-0.15, -0.1) is 0 Å². The van der Waals surface area contributed by atoms with E-state index < -0.39 is 17.6 Å². The standard InChI is InChI=1S/C25H28N2O6/c1-25(2,3)33-24(30)27(4)11-12-31-16-6-7-17-15(13-16)5-9-20-22(17)19(14-32-20)18-8-10-21(28)26-23(18)29/h5-7,9,13-14,18H,8,10-12H2,1-4H3,(H,26,28,29)/t18-/m1/s1. The lowest BCUT2D eigenvalue weighted by molar-refractivity contribution is -0.134. The lowest BCUT2D eigenvalue weighted by atomic mass is 9.89. The van der Waals surface area contributed by atoms with E-state index in [0.29, 0.717) is 37.3 Å². The highest BCUT2D eigenvalue weighted by molar-refractivity contribution is 6.10. The van der Waals surface area contributed by atoms with Gasteiger partial charge in [0.2, 0.25) is 11.8 Å². The molecule has 0 bridgehead atoms. The number of hydrogen-bond acceptors (Lipinski definition) is 6. The Labute approximate surface area is 191 Å². The van der Waals surface area contributed by atoms with Gasteiger partial charge in [0.25, 0.3) is 0 Å². The number of nitrogens with one attached hydrogen (secondary N) is 1. The number of carbonyl (C=O) groups is 3. The minimum absolute atomic E-state index is 0.243. The molecule has 4 rings (SSSR count). The molecule has 0 unspecified atom stereocenters. The summed E-state index contributed by atoms with van der Waals surface area (Å²) >= 11 is 0. The summed E-state index contributed by atoms with van der Waals surface area (Å²) < 4.78 is 16.9. The number of likely N-dealkylation sites (N-methyl/N-ethyl adjacent to an activating group) is 1. The largest absolute Gasteiger partial charge is 0.492 e. The SMILES string of the molecule is CN(CCOc1ccc2c(ccc3occ([C@H]4CCC(=O)NC4=O)c32)c1)C(=O)OC(C)(C)C. The Morgan fingerprint density at radius 1 is 1.21 bits per heavy atom. The van der Waals surface area contributed by atoms with E-state index in [1.807, 2.05) is 51.1 Å². The maximum Gasteiger partial charge on any atom is 0.410 e. The van der Waals surface area contributed by atoms with E-state index >= 15 is 0 Å². The third-order valence-electron chi connectivity index (χ3n) is 5.57. The first-order chi connectivity index (χ1) is 15.6. The molecule has 2 heterocycles. The molecular formula is C25H28N2O6. The minimum Gasteiger partial charge on any atom is -0.492 e. The molecule has 1 N–H and O–H groups in total. The molecule has 8 heteroatoms. The van der Waals surface area contributed by atoms with Crippen LogP contribution in [0.1, 0.15) is 45.1 Å². The van der Waals surface area contributed by atoms with Crippen molar-refractivity contribution in [3.8, 4) is 5.75 Å². The Kier molecular flexibility index (Phi) is 6.01. The van der Waals surface area contributed by atoms with Crippen LogP contribution in [0.4, 0.5) is 4.79 Å². The Morgan fingerprint density at radius 2 is 2.00 bits per heavy atom. The van der Waals surface area contributed by atoms with Gasteiger partial charge in [-0.2, -0.15) is 0 Å². The molecule has 0 radical (unpaired) electrons. The van der Waals surface area contributed by atoms with E-state index in [1.54, 1.807) is 13.3 Å². The van der Waals surface area contributed by atoms with Crippen molar-refractivity contribution in [2.75, 3.05) is 20.2 Å². The number of benzene rings is 2. The summed E-state index contributed by atoms with van der Waals surface area (Å²) in [6.45, 7) is 6.18. The van der Waals surface area contributed by atoms with Gasteiger partial charge in [0.1, 0.15) is 23.5 Å². The summed E-state index contributed by atoms with van der Waals surface area (Å²) in [4.78, 5) is 37.5. The van der Waals surface area contributed by atoms with Gasteiger partial charge in [-0.05, 0) is 62.2 Å². The van der Waals surface area contributed by atoms with Crippen molar-refractivity contribution in [1.82, 2.24) is 10.2 Å². The predicted octanol–water partition coefficient (Wildman–Crippen LogP) is 4.35. The highest BCUT2D eigenvalue weighted by Gasteiger charge is 2.31. The molecule has 0 spiro atoms. The van der Waals surface area contributed by atoms with Gasteiger partial charge in [0, 0.05) is 24.4 Å². The summed E-state index contributed by atoms with van der Waals surface area (Å²) in [5.41, 5.74) is 0.929. The molecule has 0 aliphatic carbocycles. The highest BCUT2D eigenvalue weighted by atomic mass is 16.6. The lowest BCUT2D eigenvalue weighted by Crippen LogP contribution is -2.39. The van der Waals surface area contributed by atoms with Crippen LogP contribution in [0.3, 0.4) is 0 Å². The molecule has 1 saturated heterocycles. The zero-order valence-corrected chi connectivity index (χ0v) is 19.3. The van der Waals surface area contributed by atoms with Crippen LogP contribution in [0.15, 0.2) is 41.0 Å². The molecule has 33 heavy (non-hydrogen) atoms. The molecule has 1 fully saturated rings. The van der Waals surface area contributed by atoms with Crippen LogP contribution in [0.5, 0.6) is 5.75 Å². The molecule has 0 saturated carbocycles. The van der Waals surface area contributed by atoms with Crippen molar-refractivity contribution >= 4 is 39.6 Å². The van der Waals surface area contributed by atoms with Crippen LogP contribution in [0.25, 0.3) is 21.7 Å². The molecule has 3 aromatic rings. The fourth-order valence-corrected chi connectivity index (χ4v) is 3.94. The Balaban J connectivity index is 1.50. The Morgan fingerprint density at radius 3 is 2.73 bits per heavy atom. The van der Waals surface area contributed by atoms with Crippen molar-refractivity contribution in [3.63, 3.8) is 0 Å². The number of rotatable bonds is 5. The zero-order valence-electron chi connectivity index (χ0n) is 19.3. The van der Waals surface area contributed by atoms with E-state index in [4.69, 9.17) is 13.9 Å². The first-order valence-electron chi connectivity index (χ1n) is 11.0. The first-order valence-corrected chi connectivity index (χ1v) is 11.0. The van der Waals surface area contributed by atoms with E-state index in [9.17, 15) is 14.4 Å². The Hall–Kier alpha value is -3.55. The third-order valence-corrected chi connectivity index (χ3v) is 5.57. The van der Waals surface area contributed by atoms with Crippen LogP contribution in [0.2, 0.25) is 0 Å². The van der Waals surface area contributed by atoms with E-state index in [-0.39, 0.29) is 11.8 Å². The van der Waals surface area contributed by atoms with Crippen molar-refractivity contribution in [3.05, 3.63) is 42.2 Å². The topological polar surface area (TPSA) is 98.1 Å². The quantitative estimate of drug-likeness (QED) is 0.578. The second-order valence-corrected chi connectivity index (χ2v) is 9.27. The van der Waals surface area contributed by atoms with Crippen LogP contribution < -0.4 is 10.1 Å². The molecule has 3 amide bonds. The number of ether oxygens (including phenoxy) is 2. The first kappa shape index (κ1) is 22.6. The fourth-order valence-electron chi connectivity index (χ4n) is 3.94. The summed E-state index contributed by atoms with van der Waals surface area (Å²) in [6, 6.07) is 9.53. The number of amides is 3. The molecule has 1 aliphatic heterocycles. The third kappa shape index (κ3) is 4.94. The maximum absolute atomic E-state index is 12.4. The molecule has 1 atom stereocenters. The average Bonchev–Trinajstić information content (AvgIpc) is 3.16. The molecular weight excluding hydrogens is 424 g/mol. The molecule has 1 aromatic heterocycles. The number of furan rings is 1. The number of piperidine rings is 1. The molecule has 8 nitrogen and oxygen atoms in total. The van der Waals surface area contributed by atoms with Crippen molar-refractivity contribution < 1.29 is 28.3 Å². The number of hydrogen-bond donors (Lipinski definition) is 1. The van der Waals surface area contributed by atoms with Gasteiger partial charge >= 0.3 is 6.09 Å². The predicted molar refractivity (Wildman–Crippen MR) is 123 cm³/mol. The van der Waals surface area contributed by atoms with Crippen molar-refractivity contribution in [1.29, 1.82) is 0 Å². The smallest absolute Gasteiger partial charge is 0.410 e. The second kappa shape index (κ2) is 8.77. The minimum atomic E-state index is -0.546. The van der Waals surface area contributed by atoms with Crippen LogP contribution in [0, 0.1) is 0 Å². The van der Waals surface area contributed by atoms with Gasteiger partial charge < -0.3 is 18.8 Å². The Bertz CT molecular complexity index is 1220. The number of fused-ring (bicyclic) bond motifs is 3. The van der Waals surface area contributed by atoms with Crippen molar-refractivity contribution in [2.45, 2.75) is 45.1 Å². The second-order valence-electron chi connectivity index (χ2n) is 9.27. The summed E-state index contributed by atoms with van der Waals surface area (Å²) in [7, 11) is 1.67. The summed E-state index contributed by atoms with van der Waals surface area (Å²) in [5.74, 6) is -0.285. The fraction of sp³-hybridized carbons (Fsp3) is 0.400. The average molecular weight is 453 g/mol. The van der Waals surface area contributed by atoms with E-state index in [1.165, 1.54) is 4.90 Å². The van der Waals surface area contributed by atoms with Crippen molar-refractivity contribution in [2.24, 2.45) is 0 Å². The number of carbonyl (C=O) groups excluding carboxylic acids is 3. The number of nitrogens with zero attached hydrogens (tertiary/aromatic N) is 1. The van der Waals surface area contributed by atoms with Gasteiger partial charge in [-0.1, -0.05) is 6.07 Å². The van der Waals surface area contributed by atoms with E-state index in [2.05, 4.69) is 5.32 Å². The lowest BCUT2D eigenvalue weighted by Gasteiger charge is -2.24. The van der Waals surface area contributed by atoms with Gasteiger partial charge in [-0.25, -0.2) is 4.79 Å². The van der Waals surface area contributed by atoms with Gasteiger partial charge in [0.05, 0.1) is 18.7 Å². The summed E-state index contributed by atoms with van der Waals surface area (Å²) in [6.07, 6.45) is 1.99. The maximum atomic E-state index is 12.4. The number of imide groups is 1. The molecule has 1 aliphatic rings. The zero-order chi connectivity index (χ0) is 23.8. The van der Waals surface area contributed by atoms with Crippen LogP contribution in [-0.2, 0) is 14.3 Å². The summed E-state index contributed by atoms with van der Waals surface area (Å²) in [5, 5.41) is 5.17. The monoisotopic (exact) mass is 452 g/mol. The van der Waals surface area contributed by atoms with E-state index in [0.717, 1.165) is 21.7 Å². The van der Waals surface area contributed by atoms with Crippen LogP contribution in [-0.4, -0.2) is 48.6 Å². The molecule has 174 valence electrons. The van der Waals surface area contributed by atoms with Gasteiger partial charge in [-0.3, -0.25) is 14.9 Å². The van der Waals surface area contributed by atoms with Crippen LogP contribution >= 0.6 is 0 Å².